The van der Waals surface area contributed by atoms with Crippen molar-refractivity contribution in [2.75, 3.05) is 13.2 Å². The number of carboxylic acids is 1. The van der Waals surface area contributed by atoms with Crippen LogP contribution in [-0.2, 0) is 26.2 Å². The highest BCUT2D eigenvalue weighted by Gasteiger charge is 2.64. The Labute approximate surface area is 152 Å². The Balaban J connectivity index is 1.87. The topological polar surface area (TPSA) is 97.0 Å². The van der Waals surface area contributed by atoms with E-state index in [-0.39, 0.29) is 37.4 Å². The lowest BCUT2D eigenvalue weighted by molar-refractivity contribution is -0.165. The molecule has 0 unspecified atom stereocenters. The molecule has 1 saturated carbocycles. The van der Waals surface area contributed by atoms with Crippen LogP contribution in [0.3, 0.4) is 0 Å². The van der Waals surface area contributed by atoms with E-state index in [0.717, 1.165) is 24.0 Å². The molecule has 0 bridgehead atoms. The number of rotatable bonds is 2. The highest BCUT2D eigenvalue weighted by molar-refractivity contribution is 5.78. The van der Waals surface area contributed by atoms with Crippen molar-refractivity contribution in [3.8, 4) is 0 Å². The van der Waals surface area contributed by atoms with Crippen molar-refractivity contribution in [2.45, 2.75) is 51.4 Å². The number of esters is 1. The minimum atomic E-state index is -1.11. The summed E-state index contributed by atoms with van der Waals surface area (Å²) in [6.45, 7) is 3.63. The maximum Gasteiger partial charge on any atom is 0.313 e. The lowest BCUT2D eigenvalue weighted by Gasteiger charge is -2.60. The van der Waals surface area contributed by atoms with Gasteiger partial charge in [-0.3, -0.25) is 9.59 Å². The zero-order valence-electron chi connectivity index (χ0n) is 15.3. The lowest BCUT2D eigenvalue weighted by Crippen LogP contribution is -2.60. The van der Waals surface area contributed by atoms with Crippen molar-refractivity contribution in [1.82, 2.24) is 0 Å². The molecule has 2 heterocycles. The number of aryl methyl sites for hydroxylation is 1. The molecule has 3 aliphatic rings. The SMILES string of the molecule is C[C@]12CC(=O)OC[C@@](C)(C(=O)O)[C@@H]1CC[C@@]1(CO)c3cocc3CC[C@@H]12. The Morgan fingerprint density at radius 3 is 2.73 bits per heavy atom. The molecule has 4 rings (SSSR count). The van der Waals surface area contributed by atoms with Gasteiger partial charge in [0.05, 0.1) is 25.6 Å². The number of cyclic esters (lactones) is 1. The summed E-state index contributed by atoms with van der Waals surface area (Å²) >= 11 is 0. The standard InChI is InChI=1S/C20H26O6/c1-18-7-16(22)26-11-19(2,17(23)24)14(18)5-6-20(10-21)13-9-25-8-12(13)3-4-15(18)20/h8-9,14-15,21H,3-7,10-11H2,1-2H3,(H,23,24)/t14-,15-,18+,19-,20-/m1/s1. The van der Waals surface area contributed by atoms with Gasteiger partial charge in [-0.1, -0.05) is 6.92 Å². The fourth-order valence-corrected chi connectivity index (χ4v) is 6.43. The minimum absolute atomic E-state index is 0.00757. The number of carboxylic acid groups (broad SMARTS) is 1. The van der Waals surface area contributed by atoms with E-state index in [1.807, 2.05) is 6.92 Å². The van der Waals surface area contributed by atoms with Gasteiger partial charge in [0.2, 0.25) is 0 Å². The molecular formula is C20H26O6. The first-order valence-corrected chi connectivity index (χ1v) is 9.33. The average molecular weight is 362 g/mol. The second kappa shape index (κ2) is 5.59. The molecule has 26 heavy (non-hydrogen) atoms. The quantitative estimate of drug-likeness (QED) is 0.785. The molecule has 1 aromatic heterocycles. The summed E-state index contributed by atoms with van der Waals surface area (Å²) in [5.41, 5.74) is 0.0197. The van der Waals surface area contributed by atoms with Gasteiger partial charge in [-0.15, -0.1) is 0 Å². The molecule has 0 amide bonds. The molecule has 0 aromatic carbocycles. The van der Waals surface area contributed by atoms with Crippen molar-refractivity contribution < 1.29 is 29.0 Å². The van der Waals surface area contributed by atoms with Gasteiger partial charge in [-0.05, 0) is 55.4 Å². The molecule has 1 aliphatic heterocycles. The molecule has 2 aliphatic carbocycles. The van der Waals surface area contributed by atoms with Crippen LogP contribution in [0, 0.1) is 22.7 Å². The summed E-state index contributed by atoms with van der Waals surface area (Å²) in [6, 6.07) is 0. The minimum Gasteiger partial charge on any atom is -0.481 e. The van der Waals surface area contributed by atoms with E-state index in [4.69, 9.17) is 9.15 Å². The second-order valence-electron chi connectivity index (χ2n) is 8.87. The number of ether oxygens (including phenoxy) is 1. The number of carbonyl (C=O) groups excluding carboxylic acids is 1. The first-order chi connectivity index (χ1) is 12.3. The summed E-state index contributed by atoms with van der Waals surface area (Å²) in [6.07, 6.45) is 6.63. The van der Waals surface area contributed by atoms with Crippen LogP contribution in [-0.4, -0.2) is 35.4 Å². The summed E-state index contributed by atoms with van der Waals surface area (Å²) in [5, 5.41) is 20.4. The number of aliphatic hydroxyl groups excluding tert-OH is 1. The lowest BCUT2D eigenvalue weighted by atomic mass is 9.43. The van der Waals surface area contributed by atoms with Crippen LogP contribution in [0.15, 0.2) is 16.9 Å². The Kier molecular flexibility index (Phi) is 3.78. The van der Waals surface area contributed by atoms with E-state index in [1.54, 1.807) is 19.5 Å². The summed E-state index contributed by atoms with van der Waals surface area (Å²) in [5.74, 6) is -1.43. The molecule has 1 aromatic rings. The second-order valence-corrected chi connectivity index (χ2v) is 8.87. The average Bonchev–Trinajstić information content (AvgIpc) is 3.05. The first kappa shape index (κ1) is 17.6. The Morgan fingerprint density at radius 1 is 1.27 bits per heavy atom. The third-order valence-electron chi connectivity index (χ3n) is 7.72. The van der Waals surface area contributed by atoms with Crippen LogP contribution in [0.4, 0.5) is 0 Å². The number of aliphatic hydroxyl groups is 1. The maximum atomic E-state index is 12.4. The smallest absolute Gasteiger partial charge is 0.313 e. The monoisotopic (exact) mass is 362 g/mol. The van der Waals surface area contributed by atoms with E-state index in [9.17, 15) is 19.8 Å². The van der Waals surface area contributed by atoms with Gasteiger partial charge in [-0.2, -0.15) is 0 Å². The number of furan rings is 1. The predicted molar refractivity (Wildman–Crippen MR) is 91.4 cm³/mol. The summed E-state index contributed by atoms with van der Waals surface area (Å²) < 4.78 is 10.8. The van der Waals surface area contributed by atoms with E-state index in [2.05, 4.69) is 0 Å². The highest BCUT2D eigenvalue weighted by atomic mass is 16.5. The number of aliphatic carboxylic acids is 1. The van der Waals surface area contributed by atoms with E-state index >= 15 is 0 Å². The Hall–Kier alpha value is -1.82. The van der Waals surface area contributed by atoms with Crippen LogP contribution in [0.25, 0.3) is 0 Å². The molecule has 6 heteroatoms. The first-order valence-electron chi connectivity index (χ1n) is 9.33. The van der Waals surface area contributed by atoms with Gasteiger partial charge in [-0.25, -0.2) is 0 Å². The predicted octanol–water partition coefficient (Wildman–Crippen LogP) is 2.53. The molecule has 2 N–H and O–H groups in total. The third-order valence-corrected chi connectivity index (χ3v) is 7.72. The Bertz CT molecular complexity index is 753. The van der Waals surface area contributed by atoms with Crippen molar-refractivity contribution in [1.29, 1.82) is 0 Å². The van der Waals surface area contributed by atoms with Crippen LogP contribution in [0.2, 0.25) is 0 Å². The van der Waals surface area contributed by atoms with Crippen LogP contribution >= 0.6 is 0 Å². The van der Waals surface area contributed by atoms with E-state index in [0.29, 0.717) is 12.8 Å². The molecule has 5 atom stereocenters. The molecule has 6 nitrogen and oxygen atoms in total. The number of fused-ring (bicyclic) bond motifs is 5. The zero-order chi connectivity index (χ0) is 18.7. The van der Waals surface area contributed by atoms with E-state index in [1.165, 1.54) is 0 Å². The number of hydrogen-bond donors (Lipinski definition) is 2. The molecule has 0 radical (unpaired) electrons. The normalized spacial score (nSPS) is 42.0. The van der Waals surface area contributed by atoms with Gasteiger partial charge >= 0.3 is 11.9 Å². The van der Waals surface area contributed by atoms with Gasteiger partial charge in [0, 0.05) is 11.0 Å². The van der Waals surface area contributed by atoms with Crippen molar-refractivity contribution in [2.24, 2.45) is 22.7 Å². The molecular weight excluding hydrogens is 336 g/mol. The molecule has 1 saturated heterocycles. The van der Waals surface area contributed by atoms with E-state index < -0.39 is 22.2 Å². The molecule has 2 fully saturated rings. The van der Waals surface area contributed by atoms with Gasteiger partial charge in [0.1, 0.15) is 12.0 Å². The van der Waals surface area contributed by atoms with Crippen molar-refractivity contribution >= 4 is 11.9 Å². The zero-order valence-corrected chi connectivity index (χ0v) is 15.3. The third kappa shape index (κ3) is 2.08. The maximum absolute atomic E-state index is 12.4. The van der Waals surface area contributed by atoms with Crippen LogP contribution < -0.4 is 0 Å². The number of carbonyl (C=O) groups is 2. The number of hydrogen-bond acceptors (Lipinski definition) is 5. The van der Waals surface area contributed by atoms with Gasteiger partial charge in [0.15, 0.2) is 0 Å². The van der Waals surface area contributed by atoms with Crippen molar-refractivity contribution in [3.05, 3.63) is 23.7 Å². The molecule has 142 valence electrons. The molecule has 0 spiro atoms. The van der Waals surface area contributed by atoms with Crippen LogP contribution in [0.5, 0.6) is 0 Å². The van der Waals surface area contributed by atoms with Crippen LogP contribution in [0.1, 0.15) is 50.7 Å². The van der Waals surface area contributed by atoms with Gasteiger partial charge < -0.3 is 19.4 Å². The van der Waals surface area contributed by atoms with Gasteiger partial charge in [0.25, 0.3) is 0 Å². The Morgan fingerprint density at radius 2 is 2.04 bits per heavy atom. The largest absolute Gasteiger partial charge is 0.481 e. The fourth-order valence-electron chi connectivity index (χ4n) is 6.43. The summed E-state index contributed by atoms with van der Waals surface area (Å²) in [7, 11) is 0. The highest BCUT2D eigenvalue weighted by Crippen LogP contribution is 2.64. The van der Waals surface area contributed by atoms with Crippen molar-refractivity contribution in [3.63, 3.8) is 0 Å². The summed E-state index contributed by atoms with van der Waals surface area (Å²) in [4.78, 5) is 24.6. The fraction of sp³-hybridized carbons (Fsp3) is 0.700.